The summed E-state index contributed by atoms with van der Waals surface area (Å²) in [6.07, 6.45) is 2.41. The number of carbonyl (C=O) groups excluding carboxylic acids is 3. The normalized spacial score (nSPS) is 13.4. The van der Waals surface area contributed by atoms with Gasteiger partial charge >= 0.3 is 0 Å². The molecule has 0 aromatic heterocycles. The smallest absolute Gasteiger partial charge is 0.242 e. The Hall–Kier alpha value is -1.47. The van der Waals surface area contributed by atoms with Crippen LogP contribution in [0.5, 0.6) is 0 Å². The molecule has 2 unspecified atom stereocenters. The number of rotatable bonds is 13. The topological polar surface area (TPSA) is 113 Å². The van der Waals surface area contributed by atoms with Crippen molar-refractivity contribution in [3.05, 3.63) is 0 Å². The number of ketones is 1. The fourth-order valence-corrected chi connectivity index (χ4v) is 2.31. The lowest BCUT2D eigenvalue weighted by Crippen LogP contribution is -2.54. The molecule has 7 heteroatoms. The lowest BCUT2D eigenvalue weighted by molar-refractivity contribution is -0.131. The van der Waals surface area contributed by atoms with Crippen LogP contribution in [-0.4, -0.2) is 49.3 Å². The molecule has 0 aromatic carbocycles. The lowest BCUT2D eigenvalue weighted by atomic mass is 10.0. The van der Waals surface area contributed by atoms with Gasteiger partial charge in [-0.2, -0.15) is 0 Å². The molecule has 7 nitrogen and oxygen atoms in total. The fraction of sp³-hybridized carbons (Fsp3) is 0.824. The number of nitrogens with two attached hydrogens (primary N) is 1. The zero-order valence-electron chi connectivity index (χ0n) is 15.5. The third-order valence-corrected chi connectivity index (χ3v) is 3.81. The maximum atomic E-state index is 12.5. The van der Waals surface area contributed by atoms with Crippen LogP contribution in [-0.2, 0) is 14.4 Å². The molecule has 0 aliphatic rings. The number of hydrogen-bond donors (Lipinski definition) is 4. The average molecular weight is 342 g/mol. The molecule has 24 heavy (non-hydrogen) atoms. The Morgan fingerprint density at radius 3 is 2.21 bits per heavy atom. The van der Waals surface area contributed by atoms with Gasteiger partial charge in [-0.1, -0.05) is 27.7 Å². The van der Waals surface area contributed by atoms with Gasteiger partial charge in [-0.3, -0.25) is 14.4 Å². The summed E-state index contributed by atoms with van der Waals surface area (Å²) < 4.78 is 0. The first kappa shape index (κ1) is 22.5. The summed E-state index contributed by atoms with van der Waals surface area (Å²) in [5, 5.41) is 8.56. The Balaban J connectivity index is 4.81. The van der Waals surface area contributed by atoms with Crippen LogP contribution in [0.2, 0.25) is 0 Å². The van der Waals surface area contributed by atoms with Crippen molar-refractivity contribution in [2.45, 2.75) is 65.5 Å². The van der Waals surface area contributed by atoms with Gasteiger partial charge in [-0.25, -0.2) is 0 Å². The number of amides is 2. The van der Waals surface area contributed by atoms with E-state index in [0.29, 0.717) is 25.9 Å². The molecule has 5 N–H and O–H groups in total. The standard InChI is InChI=1S/C17H34N4O3/c1-5-13(22)11-20-16(23)14(9-7-8-10-18)21-17(24)15(12(3)4)19-6-2/h12,14-15,19H,5-11,18H2,1-4H3,(H,20,23)(H,21,24). The number of carbonyl (C=O) groups is 3. The minimum absolute atomic E-state index is 0.000584. The first-order valence-electron chi connectivity index (χ1n) is 8.90. The third kappa shape index (κ3) is 8.98. The number of Topliss-reactive ketones (excluding diaryl/α,β-unsaturated/α-hetero) is 1. The highest BCUT2D eigenvalue weighted by atomic mass is 16.2. The predicted octanol–water partition coefficient (Wildman–Crippen LogP) is 0.330. The molecular weight excluding hydrogens is 308 g/mol. The first-order valence-corrected chi connectivity index (χ1v) is 8.90. The van der Waals surface area contributed by atoms with Crippen molar-refractivity contribution < 1.29 is 14.4 Å². The monoisotopic (exact) mass is 342 g/mol. The molecular formula is C17H34N4O3. The largest absolute Gasteiger partial charge is 0.347 e. The molecule has 2 atom stereocenters. The van der Waals surface area contributed by atoms with Gasteiger partial charge in [0.2, 0.25) is 11.8 Å². The Kier molecular flexibility index (Phi) is 12.1. The summed E-state index contributed by atoms with van der Waals surface area (Å²) in [7, 11) is 0. The molecule has 0 radical (unpaired) electrons. The second kappa shape index (κ2) is 12.9. The molecule has 0 heterocycles. The van der Waals surface area contributed by atoms with Crippen molar-refractivity contribution >= 4 is 17.6 Å². The van der Waals surface area contributed by atoms with Gasteiger partial charge in [-0.15, -0.1) is 0 Å². The van der Waals surface area contributed by atoms with Crippen LogP contribution in [0.3, 0.4) is 0 Å². The van der Waals surface area contributed by atoms with E-state index in [9.17, 15) is 14.4 Å². The van der Waals surface area contributed by atoms with Crippen molar-refractivity contribution in [3.8, 4) is 0 Å². The predicted molar refractivity (Wildman–Crippen MR) is 95.4 cm³/mol. The molecule has 2 amide bonds. The van der Waals surface area contributed by atoms with E-state index in [1.54, 1.807) is 6.92 Å². The van der Waals surface area contributed by atoms with Crippen molar-refractivity contribution in [2.24, 2.45) is 11.7 Å². The van der Waals surface area contributed by atoms with Crippen LogP contribution in [0.25, 0.3) is 0 Å². The summed E-state index contributed by atoms with van der Waals surface area (Å²) in [5.41, 5.74) is 5.49. The van der Waals surface area contributed by atoms with Crippen molar-refractivity contribution in [1.82, 2.24) is 16.0 Å². The van der Waals surface area contributed by atoms with E-state index in [2.05, 4.69) is 16.0 Å². The maximum absolute atomic E-state index is 12.5. The Bertz CT molecular complexity index is 399. The summed E-state index contributed by atoms with van der Waals surface area (Å²) >= 11 is 0. The van der Waals surface area contributed by atoms with E-state index in [1.807, 2.05) is 20.8 Å². The molecule has 0 spiro atoms. The van der Waals surface area contributed by atoms with Gasteiger partial charge in [0.15, 0.2) is 5.78 Å². The second-order valence-electron chi connectivity index (χ2n) is 6.24. The van der Waals surface area contributed by atoms with Crippen LogP contribution in [0.1, 0.15) is 53.4 Å². The highest BCUT2D eigenvalue weighted by molar-refractivity contribution is 5.92. The quantitative estimate of drug-likeness (QED) is 0.360. The SMILES string of the molecule is CCNC(C(=O)NC(CCCCN)C(=O)NCC(=O)CC)C(C)C. The van der Waals surface area contributed by atoms with Crippen LogP contribution in [0, 0.1) is 5.92 Å². The molecule has 0 aromatic rings. The number of nitrogens with one attached hydrogen (secondary N) is 3. The van der Waals surface area contributed by atoms with Gasteiger partial charge in [0.05, 0.1) is 12.6 Å². The van der Waals surface area contributed by atoms with Crippen molar-refractivity contribution in [3.63, 3.8) is 0 Å². The van der Waals surface area contributed by atoms with Gasteiger partial charge in [0, 0.05) is 6.42 Å². The van der Waals surface area contributed by atoms with Crippen LogP contribution in [0.15, 0.2) is 0 Å². The van der Waals surface area contributed by atoms with E-state index >= 15 is 0 Å². The molecule has 0 saturated carbocycles. The maximum Gasteiger partial charge on any atom is 0.242 e. The van der Waals surface area contributed by atoms with Gasteiger partial charge in [-0.05, 0) is 38.3 Å². The zero-order valence-corrected chi connectivity index (χ0v) is 15.5. The number of likely N-dealkylation sites (N-methyl/N-ethyl adjacent to an activating group) is 1. The first-order chi connectivity index (χ1) is 11.4. The Morgan fingerprint density at radius 2 is 1.71 bits per heavy atom. The molecule has 0 fully saturated rings. The number of unbranched alkanes of at least 4 members (excludes halogenated alkanes) is 1. The zero-order chi connectivity index (χ0) is 18.5. The molecule has 0 rings (SSSR count). The van der Waals surface area contributed by atoms with E-state index in [-0.39, 0.29) is 36.1 Å². The fourth-order valence-electron chi connectivity index (χ4n) is 2.31. The van der Waals surface area contributed by atoms with Gasteiger partial charge in [0.25, 0.3) is 0 Å². The average Bonchev–Trinajstić information content (AvgIpc) is 2.55. The third-order valence-electron chi connectivity index (χ3n) is 3.81. The molecule has 0 aliphatic heterocycles. The summed E-state index contributed by atoms with van der Waals surface area (Å²) in [4.78, 5) is 36.2. The van der Waals surface area contributed by atoms with Crippen LogP contribution >= 0.6 is 0 Å². The highest BCUT2D eigenvalue weighted by Crippen LogP contribution is 2.05. The Morgan fingerprint density at radius 1 is 1.04 bits per heavy atom. The molecule has 0 saturated heterocycles. The second-order valence-corrected chi connectivity index (χ2v) is 6.24. The summed E-state index contributed by atoms with van der Waals surface area (Å²) in [6.45, 7) is 8.81. The molecule has 0 bridgehead atoms. The minimum atomic E-state index is -0.645. The summed E-state index contributed by atoms with van der Waals surface area (Å²) in [5.74, 6) is -0.440. The minimum Gasteiger partial charge on any atom is -0.347 e. The van der Waals surface area contributed by atoms with Crippen molar-refractivity contribution in [2.75, 3.05) is 19.6 Å². The van der Waals surface area contributed by atoms with E-state index < -0.39 is 6.04 Å². The lowest BCUT2D eigenvalue weighted by Gasteiger charge is -2.25. The van der Waals surface area contributed by atoms with E-state index in [1.165, 1.54) is 0 Å². The van der Waals surface area contributed by atoms with Gasteiger partial charge < -0.3 is 21.7 Å². The Labute approximate surface area is 145 Å². The molecule has 140 valence electrons. The van der Waals surface area contributed by atoms with Gasteiger partial charge in [0.1, 0.15) is 6.04 Å². The van der Waals surface area contributed by atoms with Crippen molar-refractivity contribution in [1.29, 1.82) is 0 Å². The van der Waals surface area contributed by atoms with Crippen LogP contribution < -0.4 is 21.7 Å². The van der Waals surface area contributed by atoms with E-state index in [0.717, 1.165) is 12.8 Å². The highest BCUT2D eigenvalue weighted by Gasteiger charge is 2.26. The van der Waals surface area contributed by atoms with E-state index in [4.69, 9.17) is 5.73 Å². The van der Waals surface area contributed by atoms with Crippen LogP contribution in [0.4, 0.5) is 0 Å². The number of hydrogen-bond acceptors (Lipinski definition) is 5. The molecule has 0 aliphatic carbocycles. The summed E-state index contributed by atoms with van der Waals surface area (Å²) in [6, 6.07) is -0.995.